The van der Waals surface area contributed by atoms with Crippen LogP contribution >= 0.6 is 0 Å². The zero-order valence-corrected chi connectivity index (χ0v) is 17.5. The van der Waals surface area contributed by atoms with E-state index in [1.165, 1.54) is 19.2 Å². The number of unbranched alkanes of at least 4 members (excludes halogenated alkanes) is 1. The van der Waals surface area contributed by atoms with Gasteiger partial charge in [-0.05, 0) is 48.2 Å². The van der Waals surface area contributed by atoms with Gasteiger partial charge < -0.3 is 15.2 Å². The van der Waals surface area contributed by atoms with Crippen LogP contribution in [0.1, 0.15) is 53.2 Å². The van der Waals surface area contributed by atoms with Gasteiger partial charge >= 0.3 is 12.1 Å². The molecule has 0 spiro atoms. The number of benzene rings is 2. The molecule has 0 fully saturated rings. The molecule has 0 aliphatic rings. The minimum atomic E-state index is -4.42. The Balaban J connectivity index is 2.11. The van der Waals surface area contributed by atoms with E-state index in [1.54, 1.807) is 18.2 Å². The van der Waals surface area contributed by atoms with E-state index in [0.29, 0.717) is 29.7 Å². The maximum absolute atomic E-state index is 12.7. The van der Waals surface area contributed by atoms with E-state index >= 15 is 0 Å². The standard InChI is InChI=1S/C23H26F3NO4/c1-3-4-5-17(22(29)30)12-16-8-11-20(31-2)19(13-16)21(28)27-14-15-6-9-18(10-7-15)23(24,25)26/h6-11,13,17H,3-5,12,14H2,1-2H3,(H,27,28)(H,29,30). The fraction of sp³-hybridized carbons (Fsp3) is 0.391. The first kappa shape index (κ1) is 24.2. The van der Waals surface area contributed by atoms with Crippen molar-refractivity contribution in [3.05, 3.63) is 64.7 Å². The first-order chi connectivity index (χ1) is 14.7. The Bertz CT molecular complexity index is 895. The van der Waals surface area contributed by atoms with E-state index in [4.69, 9.17) is 4.74 Å². The van der Waals surface area contributed by atoms with Crippen molar-refractivity contribution in [3.63, 3.8) is 0 Å². The van der Waals surface area contributed by atoms with Crippen LogP contribution in [0.4, 0.5) is 13.2 Å². The van der Waals surface area contributed by atoms with Gasteiger partial charge in [0.15, 0.2) is 0 Å². The Hall–Kier alpha value is -3.03. The second kappa shape index (κ2) is 10.8. The van der Waals surface area contributed by atoms with E-state index in [2.05, 4.69) is 5.32 Å². The lowest BCUT2D eigenvalue weighted by Gasteiger charge is -2.15. The van der Waals surface area contributed by atoms with E-state index in [9.17, 15) is 27.9 Å². The Morgan fingerprint density at radius 1 is 1.10 bits per heavy atom. The van der Waals surface area contributed by atoms with E-state index in [1.807, 2.05) is 6.92 Å². The van der Waals surface area contributed by atoms with E-state index < -0.39 is 29.5 Å². The van der Waals surface area contributed by atoms with Gasteiger partial charge in [-0.3, -0.25) is 9.59 Å². The summed E-state index contributed by atoms with van der Waals surface area (Å²) >= 11 is 0. The molecule has 8 heteroatoms. The summed E-state index contributed by atoms with van der Waals surface area (Å²) in [4.78, 5) is 24.2. The molecular weight excluding hydrogens is 411 g/mol. The molecule has 0 radical (unpaired) electrons. The molecule has 0 bridgehead atoms. The number of amides is 1. The molecule has 168 valence electrons. The van der Waals surface area contributed by atoms with Crippen molar-refractivity contribution in [2.75, 3.05) is 7.11 Å². The first-order valence-corrected chi connectivity index (χ1v) is 9.99. The summed E-state index contributed by atoms with van der Waals surface area (Å²) in [5, 5.41) is 12.1. The molecule has 0 aliphatic carbocycles. The number of rotatable bonds is 10. The molecule has 1 unspecified atom stereocenters. The van der Waals surface area contributed by atoms with Crippen molar-refractivity contribution in [2.45, 2.75) is 45.3 Å². The number of alkyl halides is 3. The normalized spacial score (nSPS) is 12.3. The molecule has 0 aromatic heterocycles. The average Bonchev–Trinajstić information content (AvgIpc) is 2.74. The van der Waals surface area contributed by atoms with Crippen LogP contribution in [0.25, 0.3) is 0 Å². The van der Waals surface area contributed by atoms with Gasteiger partial charge in [0.05, 0.1) is 24.2 Å². The number of carboxylic acids is 1. The van der Waals surface area contributed by atoms with Crippen molar-refractivity contribution in [3.8, 4) is 5.75 Å². The maximum Gasteiger partial charge on any atom is 0.416 e. The van der Waals surface area contributed by atoms with Gasteiger partial charge in [0.2, 0.25) is 0 Å². The molecule has 2 aromatic carbocycles. The molecule has 1 amide bonds. The molecule has 2 N–H and O–H groups in total. The number of ether oxygens (including phenoxy) is 1. The minimum Gasteiger partial charge on any atom is -0.496 e. The fourth-order valence-corrected chi connectivity index (χ4v) is 3.20. The Morgan fingerprint density at radius 3 is 2.29 bits per heavy atom. The third-order valence-corrected chi connectivity index (χ3v) is 4.98. The summed E-state index contributed by atoms with van der Waals surface area (Å²) in [6, 6.07) is 9.48. The SMILES string of the molecule is CCCCC(Cc1ccc(OC)c(C(=O)NCc2ccc(C(F)(F)F)cc2)c1)C(=O)O. The van der Waals surface area contributed by atoms with Gasteiger partial charge in [0.25, 0.3) is 5.91 Å². The summed E-state index contributed by atoms with van der Waals surface area (Å²) in [7, 11) is 1.42. The van der Waals surface area contributed by atoms with Gasteiger partial charge in [-0.25, -0.2) is 0 Å². The molecule has 5 nitrogen and oxygen atoms in total. The van der Waals surface area contributed by atoms with Crippen LogP contribution in [0, 0.1) is 5.92 Å². The van der Waals surface area contributed by atoms with Crippen molar-refractivity contribution in [2.24, 2.45) is 5.92 Å². The van der Waals surface area contributed by atoms with E-state index in [0.717, 1.165) is 25.0 Å². The molecule has 0 saturated carbocycles. The number of carboxylic acid groups (broad SMARTS) is 1. The monoisotopic (exact) mass is 437 g/mol. The number of halogens is 3. The molecular formula is C23H26F3NO4. The zero-order chi connectivity index (χ0) is 23.0. The highest BCUT2D eigenvalue weighted by molar-refractivity contribution is 5.97. The number of aliphatic carboxylic acids is 1. The highest BCUT2D eigenvalue weighted by Gasteiger charge is 2.30. The Morgan fingerprint density at radius 2 is 1.74 bits per heavy atom. The van der Waals surface area contributed by atoms with Crippen LogP contribution in [0.2, 0.25) is 0 Å². The van der Waals surface area contributed by atoms with Crippen LogP contribution in [-0.2, 0) is 23.9 Å². The number of methoxy groups -OCH3 is 1. The van der Waals surface area contributed by atoms with Gasteiger partial charge in [0.1, 0.15) is 5.75 Å². The summed E-state index contributed by atoms with van der Waals surface area (Å²) < 4.78 is 43.2. The zero-order valence-electron chi connectivity index (χ0n) is 17.5. The van der Waals surface area contributed by atoms with Crippen LogP contribution in [0.5, 0.6) is 5.75 Å². The lowest BCUT2D eigenvalue weighted by molar-refractivity contribution is -0.142. The smallest absolute Gasteiger partial charge is 0.416 e. The molecule has 1 atom stereocenters. The summed E-state index contributed by atoms with van der Waals surface area (Å²) in [6.45, 7) is 2.03. The fourth-order valence-electron chi connectivity index (χ4n) is 3.20. The van der Waals surface area contributed by atoms with Crippen molar-refractivity contribution in [1.29, 1.82) is 0 Å². The number of hydrogen-bond donors (Lipinski definition) is 2. The summed E-state index contributed by atoms with van der Waals surface area (Å²) in [5.41, 5.74) is 0.700. The van der Waals surface area contributed by atoms with Crippen LogP contribution in [0.3, 0.4) is 0 Å². The predicted molar refractivity (Wildman–Crippen MR) is 110 cm³/mol. The first-order valence-electron chi connectivity index (χ1n) is 9.99. The van der Waals surface area contributed by atoms with Gasteiger partial charge in [-0.15, -0.1) is 0 Å². The maximum atomic E-state index is 12.7. The molecule has 2 aromatic rings. The average molecular weight is 437 g/mol. The molecule has 2 rings (SSSR count). The van der Waals surface area contributed by atoms with Crippen LogP contribution in [-0.4, -0.2) is 24.1 Å². The second-order valence-corrected chi connectivity index (χ2v) is 7.29. The largest absolute Gasteiger partial charge is 0.496 e. The number of hydrogen-bond acceptors (Lipinski definition) is 3. The molecule has 0 aliphatic heterocycles. The van der Waals surface area contributed by atoms with E-state index in [-0.39, 0.29) is 12.1 Å². The van der Waals surface area contributed by atoms with Gasteiger partial charge in [-0.1, -0.05) is 38.0 Å². The van der Waals surface area contributed by atoms with Crippen LogP contribution < -0.4 is 10.1 Å². The third kappa shape index (κ3) is 7.01. The number of carbonyl (C=O) groups is 2. The van der Waals surface area contributed by atoms with Gasteiger partial charge in [0, 0.05) is 6.54 Å². The number of carbonyl (C=O) groups excluding carboxylic acids is 1. The van der Waals surface area contributed by atoms with Crippen molar-refractivity contribution in [1.82, 2.24) is 5.32 Å². The molecule has 0 heterocycles. The van der Waals surface area contributed by atoms with Gasteiger partial charge in [-0.2, -0.15) is 13.2 Å². The Labute approximate surface area is 179 Å². The molecule has 0 saturated heterocycles. The lowest BCUT2D eigenvalue weighted by atomic mass is 9.93. The lowest BCUT2D eigenvalue weighted by Crippen LogP contribution is -2.24. The quantitative estimate of drug-likeness (QED) is 0.544. The third-order valence-electron chi connectivity index (χ3n) is 4.98. The van der Waals surface area contributed by atoms with Crippen molar-refractivity contribution >= 4 is 11.9 Å². The summed E-state index contributed by atoms with van der Waals surface area (Å²) in [5.74, 6) is -1.55. The number of nitrogens with one attached hydrogen (secondary N) is 1. The van der Waals surface area contributed by atoms with Crippen LogP contribution in [0.15, 0.2) is 42.5 Å². The minimum absolute atomic E-state index is 0.0403. The predicted octanol–water partition coefficient (Wildman–Crippen LogP) is 5.08. The Kier molecular flexibility index (Phi) is 8.47. The summed E-state index contributed by atoms with van der Waals surface area (Å²) in [6.07, 6.45) is -1.88. The highest BCUT2D eigenvalue weighted by atomic mass is 19.4. The second-order valence-electron chi connectivity index (χ2n) is 7.29. The topological polar surface area (TPSA) is 75.6 Å². The van der Waals surface area contributed by atoms with Crippen molar-refractivity contribution < 1.29 is 32.6 Å². The molecule has 31 heavy (non-hydrogen) atoms. The highest BCUT2D eigenvalue weighted by Crippen LogP contribution is 2.29.